The first kappa shape index (κ1) is 20.0. The standard InChI is InChI=1S/C26H21N3O2S/c1-16-9-11-17(12-10-16)20-15-32-26(28-20)22-21-8-3-4-13-29(21)24(23(22)27)25(30)18-6-5-7-19(14-18)31-2/h3-15H,27H2,1-2H3. The van der Waals surface area contributed by atoms with Crippen LogP contribution in [-0.4, -0.2) is 22.3 Å². The van der Waals surface area contributed by atoms with Crippen LogP contribution in [0.4, 0.5) is 5.69 Å². The Kier molecular flexibility index (Phi) is 4.99. The molecule has 5 aromatic rings. The van der Waals surface area contributed by atoms with E-state index in [1.54, 1.807) is 25.3 Å². The molecule has 0 amide bonds. The molecule has 32 heavy (non-hydrogen) atoms. The fraction of sp³-hybridized carbons (Fsp3) is 0.0769. The maximum Gasteiger partial charge on any atom is 0.212 e. The molecule has 3 heterocycles. The number of thiazole rings is 1. The molecule has 6 heteroatoms. The summed E-state index contributed by atoms with van der Waals surface area (Å²) in [5, 5.41) is 2.81. The van der Waals surface area contributed by atoms with Crippen LogP contribution >= 0.6 is 11.3 Å². The number of fused-ring (bicyclic) bond motifs is 1. The lowest BCUT2D eigenvalue weighted by Gasteiger charge is -2.05. The highest BCUT2D eigenvalue weighted by molar-refractivity contribution is 7.13. The average Bonchev–Trinajstić information content (AvgIpc) is 3.41. The summed E-state index contributed by atoms with van der Waals surface area (Å²) in [7, 11) is 1.58. The van der Waals surface area contributed by atoms with Gasteiger partial charge in [0.25, 0.3) is 0 Å². The molecule has 2 N–H and O–H groups in total. The quantitative estimate of drug-likeness (QED) is 0.348. The van der Waals surface area contributed by atoms with Crippen molar-refractivity contribution < 1.29 is 9.53 Å². The van der Waals surface area contributed by atoms with Crippen LogP contribution in [-0.2, 0) is 0 Å². The zero-order chi connectivity index (χ0) is 22.2. The van der Waals surface area contributed by atoms with Crippen molar-refractivity contribution >= 4 is 28.3 Å². The smallest absolute Gasteiger partial charge is 0.212 e. The monoisotopic (exact) mass is 439 g/mol. The molecule has 0 radical (unpaired) electrons. The number of methoxy groups -OCH3 is 1. The summed E-state index contributed by atoms with van der Waals surface area (Å²) in [5.41, 5.74) is 12.8. The molecule has 2 aromatic carbocycles. The van der Waals surface area contributed by atoms with Gasteiger partial charge in [-0.1, -0.05) is 48.0 Å². The number of nitrogen functional groups attached to an aromatic ring is 1. The molecule has 0 unspecified atom stereocenters. The number of nitrogens with zero attached hydrogens (tertiary/aromatic N) is 2. The maximum absolute atomic E-state index is 13.5. The summed E-state index contributed by atoms with van der Waals surface area (Å²) in [4.78, 5) is 18.3. The fourth-order valence-corrected chi connectivity index (χ4v) is 4.73. The third-order valence-electron chi connectivity index (χ3n) is 5.49. The van der Waals surface area contributed by atoms with Gasteiger partial charge in [0.1, 0.15) is 16.5 Å². The zero-order valence-electron chi connectivity index (χ0n) is 17.7. The van der Waals surface area contributed by atoms with E-state index in [-0.39, 0.29) is 5.78 Å². The summed E-state index contributed by atoms with van der Waals surface area (Å²) < 4.78 is 7.13. The van der Waals surface area contributed by atoms with Gasteiger partial charge in [-0.05, 0) is 31.2 Å². The van der Waals surface area contributed by atoms with Crippen LogP contribution in [0.5, 0.6) is 5.75 Å². The second-order valence-electron chi connectivity index (χ2n) is 7.56. The van der Waals surface area contributed by atoms with Crippen molar-refractivity contribution in [2.24, 2.45) is 0 Å². The van der Waals surface area contributed by atoms with Crippen molar-refractivity contribution in [2.75, 3.05) is 12.8 Å². The summed E-state index contributed by atoms with van der Waals surface area (Å²) >= 11 is 1.52. The van der Waals surface area contributed by atoms with Gasteiger partial charge in [0.15, 0.2) is 0 Å². The van der Waals surface area contributed by atoms with Crippen molar-refractivity contribution in [3.05, 3.63) is 95.1 Å². The first-order valence-electron chi connectivity index (χ1n) is 10.2. The highest BCUT2D eigenvalue weighted by Gasteiger charge is 2.25. The predicted molar refractivity (Wildman–Crippen MR) is 130 cm³/mol. The molecule has 0 atom stereocenters. The van der Waals surface area contributed by atoms with Gasteiger partial charge in [0.2, 0.25) is 5.78 Å². The molecule has 0 fully saturated rings. The lowest BCUT2D eigenvalue weighted by Crippen LogP contribution is -2.08. The van der Waals surface area contributed by atoms with E-state index < -0.39 is 0 Å². The molecule has 158 valence electrons. The highest BCUT2D eigenvalue weighted by atomic mass is 32.1. The van der Waals surface area contributed by atoms with Gasteiger partial charge in [-0.15, -0.1) is 11.3 Å². The molecule has 0 aliphatic carbocycles. The van der Waals surface area contributed by atoms with E-state index >= 15 is 0 Å². The minimum atomic E-state index is -0.163. The first-order valence-corrected chi connectivity index (χ1v) is 11.0. The molecule has 0 aliphatic heterocycles. The second kappa shape index (κ2) is 7.98. The first-order chi connectivity index (χ1) is 15.6. The van der Waals surface area contributed by atoms with Gasteiger partial charge in [-0.25, -0.2) is 4.98 Å². The molecule has 5 rings (SSSR count). The Morgan fingerprint density at radius 2 is 1.88 bits per heavy atom. The number of nitrogens with two attached hydrogens (primary N) is 1. The Morgan fingerprint density at radius 1 is 1.06 bits per heavy atom. The van der Waals surface area contributed by atoms with E-state index in [1.165, 1.54) is 16.9 Å². The van der Waals surface area contributed by atoms with Crippen LogP contribution < -0.4 is 10.5 Å². The Balaban J connectivity index is 1.65. The van der Waals surface area contributed by atoms with Crippen LogP contribution in [0.15, 0.2) is 78.3 Å². The molecule has 0 aliphatic rings. The topological polar surface area (TPSA) is 69.6 Å². The van der Waals surface area contributed by atoms with Gasteiger partial charge in [-0.2, -0.15) is 0 Å². The minimum absolute atomic E-state index is 0.163. The molecule has 0 bridgehead atoms. The molecule has 5 nitrogen and oxygen atoms in total. The highest BCUT2D eigenvalue weighted by Crippen LogP contribution is 2.39. The summed E-state index contributed by atoms with van der Waals surface area (Å²) in [5.74, 6) is 0.460. The van der Waals surface area contributed by atoms with Gasteiger partial charge in [0.05, 0.1) is 29.6 Å². The summed E-state index contributed by atoms with van der Waals surface area (Å²) in [6.45, 7) is 2.06. The van der Waals surface area contributed by atoms with Crippen LogP contribution in [0.3, 0.4) is 0 Å². The van der Waals surface area contributed by atoms with E-state index in [4.69, 9.17) is 15.5 Å². The average molecular weight is 440 g/mol. The molecular weight excluding hydrogens is 418 g/mol. The number of pyridine rings is 1. The predicted octanol–water partition coefficient (Wildman–Crippen LogP) is 5.86. The van der Waals surface area contributed by atoms with Crippen molar-refractivity contribution in [3.63, 3.8) is 0 Å². The Hall–Kier alpha value is -3.90. The van der Waals surface area contributed by atoms with E-state index in [2.05, 4.69) is 31.2 Å². The fourth-order valence-electron chi connectivity index (χ4n) is 3.83. The van der Waals surface area contributed by atoms with Crippen molar-refractivity contribution in [1.82, 2.24) is 9.38 Å². The lowest BCUT2D eigenvalue weighted by atomic mass is 10.1. The van der Waals surface area contributed by atoms with Gasteiger partial charge in [-0.3, -0.25) is 4.79 Å². The third-order valence-corrected chi connectivity index (χ3v) is 6.35. The second-order valence-corrected chi connectivity index (χ2v) is 8.42. The molecule has 0 saturated carbocycles. The van der Waals surface area contributed by atoms with E-state index in [9.17, 15) is 4.79 Å². The number of hydrogen-bond acceptors (Lipinski definition) is 5. The Morgan fingerprint density at radius 3 is 2.66 bits per heavy atom. The SMILES string of the molecule is COc1cccc(C(=O)c2c(N)c(-c3nc(-c4ccc(C)cc4)cs3)c3ccccn23)c1. The number of hydrogen-bond donors (Lipinski definition) is 1. The summed E-state index contributed by atoms with van der Waals surface area (Å²) in [6, 6.07) is 21.2. The Labute approximate surface area is 189 Å². The van der Waals surface area contributed by atoms with E-state index in [0.29, 0.717) is 22.7 Å². The number of rotatable bonds is 5. The van der Waals surface area contributed by atoms with E-state index in [0.717, 1.165) is 27.3 Å². The number of aryl methyl sites for hydroxylation is 1. The van der Waals surface area contributed by atoms with E-state index in [1.807, 2.05) is 40.2 Å². The molecule has 0 spiro atoms. The van der Waals surface area contributed by atoms with Crippen LogP contribution in [0.25, 0.3) is 27.3 Å². The Bertz CT molecular complexity index is 1450. The van der Waals surface area contributed by atoms with Gasteiger partial charge in [0, 0.05) is 22.7 Å². The van der Waals surface area contributed by atoms with Crippen molar-refractivity contribution in [1.29, 1.82) is 0 Å². The third kappa shape index (κ3) is 3.35. The van der Waals surface area contributed by atoms with Crippen LogP contribution in [0, 0.1) is 6.92 Å². The van der Waals surface area contributed by atoms with Crippen molar-refractivity contribution in [2.45, 2.75) is 6.92 Å². The van der Waals surface area contributed by atoms with Crippen molar-refractivity contribution in [3.8, 4) is 27.6 Å². The number of benzene rings is 2. The minimum Gasteiger partial charge on any atom is -0.497 e. The van der Waals surface area contributed by atoms with Crippen LogP contribution in [0.1, 0.15) is 21.6 Å². The molecule has 0 saturated heterocycles. The van der Waals surface area contributed by atoms with Gasteiger partial charge < -0.3 is 14.9 Å². The number of ketones is 1. The number of ether oxygens (including phenoxy) is 1. The van der Waals surface area contributed by atoms with Gasteiger partial charge >= 0.3 is 0 Å². The normalized spacial score (nSPS) is 11.1. The number of aromatic nitrogens is 2. The number of carbonyl (C=O) groups excluding carboxylic acids is 1. The number of anilines is 1. The molecular formula is C26H21N3O2S. The largest absolute Gasteiger partial charge is 0.497 e. The maximum atomic E-state index is 13.5. The summed E-state index contributed by atoms with van der Waals surface area (Å²) in [6.07, 6.45) is 1.86. The van der Waals surface area contributed by atoms with Crippen LogP contribution in [0.2, 0.25) is 0 Å². The lowest BCUT2D eigenvalue weighted by molar-refractivity contribution is 0.103. The molecule has 3 aromatic heterocycles. The zero-order valence-corrected chi connectivity index (χ0v) is 18.5. The number of carbonyl (C=O) groups is 1.